The van der Waals surface area contributed by atoms with E-state index < -0.39 is 21.5 Å². The Kier molecular flexibility index (Phi) is 10.5. The first-order chi connectivity index (χ1) is 20.1. The second-order valence-corrected chi connectivity index (χ2v) is 12.2. The minimum atomic E-state index is -3.86. The number of aryl methyl sites for hydroxylation is 2. The summed E-state index contributed by atoms with van der Waals surface area (Å²) in [7, 11) is -3.86. The number of imidazole rings is 1. The first kappa shape index (κ1) is 31.0. The van der Waals surface area contributed by atoms with E-state index in [0.29, 0.717) is 29.1 Å². The van der Waals surface area contributed by atoms with E-state index in [2.05, 4.69) is 25.7 Å². The SMILES string of the molecule is CCCc1ccc(NS(=O)(=O)Cc2ccccc2)c(=O)n1CC(=O)NCc1c(C)ncn1CC(=O)NC1CCCNC1. The summed E-state index contributed by atoms with van der Waals surface area (Å²) in [6, 6.07) is 11.9. The first-order valence-electron chi connectivity index (χ1n) is 14.2. The third kappa shape index (κ3) is 8.52. The number of sulfonamides is 1. The van der Waals surface area contributed by atoms with Gasteiger partial charge in [-0.05, 0) is 50.4 Å². The highest BCUT2D eigenvalue weighted by atomic mass is 32.2. The average Bonchev–Trinajstić information content (AvgIpc) is 3.30. The third-order valence-corrected chi connectivity index (χ3v) is 8.37. The van der Waals surface area contributed by atoms with Crippen LogP contribution >= 0.6 is 0 Å². The van der Waals surface area contributed by atoms with E-state index in [9.17, 15) is 22.8 Å². The molecule has 4 N–H and O–H groups in total. The standard InChI is InChI=1S/C29H39N7O5S/c1-3-8-24-12-13-25(34-42(40,41)19-22-9-5-4-6-10-22)29(39)36(24)18-27(37)31-16-26-21(2)32-20-35(26)17-28(38)33-23-11-7-14-30-15-23/h4-6,9-10,12-13,20,23,30,34H,3,7-8,11,14-19H2,1-2H3,(H,31,37)(H,33,38). The summed E-state index contributed by atoms with van der Waals surface area (Å²) in [6.07, 6.45) is 4.79. The molecule has 1 aliphatic heterocycles. The van der Waals surface area contributed by atoms with E-state index in [0.717, 1.165) is 32.4 Å². The fourth-order valence-corrected chi connectivity index (χ4v) is 6.19. The molecule has 0 spiro atoms. The van der Waals surface area contributed by atoms with Crippen molar-refractivity contribution >= 4 is 27.5 Å². The van der Waals surface area contributed by atoms with Crippen molar-refractivity contribution in [1.82, 2.24) is 30.1 Å². The molecule has 0 aliphatic carbocycles. The van der Waals surface area contributed by atoms with E-state index in [-0.39, 0.29) is 43.0 Å². The van der Waals surface area contributed by atoms with Crippen LogP contribution in [0.1, 0.15) is 48.8 Å². The maximum atomic E-state index is 13.3. The topological polar surface area (TPSA) is 156 Å². The number of benzene rings is 1. The smallest absolute Gasteiger partial charge is 0.275 e. The summed E-state index contributed by atoms with van der Waals surface area (Å²) in [5, 5.41) is 9.14. The molecule has 1 fully saturated rings. The van der Waals surface area contributed by atoms with Gasteiger partial charge in [0.2, 0.25) is 21.8 Å². The van der Waals surface area contributed by atoms with Gasteiger partial charge in [-0.25, -0.2) is 13.4 Å². The highest BCUT2D eigenvalue weighted by Crippen LogP contribution is 2.13. The number of anilines is 1. The van der Waals surface area contributed by atoms with Gasteiger partial charge in [0.25, 0.3) is 5.56 Å². The predicted octanol–water partition coefficient (Wildman–Crippen LogP) is 1.43. The third-order valence-electron chi connectivity index (χ3n) is 7.12. The Labute approximate surface area is 246 Å². The molecule has 2 amide bonds. The van der Waals surface area contributed by atoms with Gasteiger partial charge in [0, 0.05) is 18.3 Å². The molecule has 3 heterocycles. The van der Waals surface area contributed by atoms with Gasteiger partial charge in [0.05, 0.1) is 30.0 Å². The number of carbonyl (C=O) groups excluding carboxylic acids is 2. The minimum Gasteiger partial charge on any atom is -0.351 e. The van der Waals surface area contributed by atoms with Crippen LogP contribution in [0.2, 0.25) is 0 Å². The molecule has 42 heavy (non-hydrogen) atoms. The molecular weight excluding hydrogens is 558 g/mol. The van der Waals surface area contributed by atoms with Gasteiger partial charge < -0.3 is 25.1 Å². The zero-order valence-corrected chi connectivity index (χ0v) is 24.9. The Bertz CT molecular complexity index is 1540. The molecule has 0 bridgehead atoms. The fourth-order valence-electron chi connectivity index (χ4n) is 5.00. The summed E-state index contributed by atoms with van der Waals surface area (Å²) in [5.74, 6) is -0.841. The van der Waals surface area contributed by atoms with Crippen LogP contribution in [0.4, 0.5) is 5.69 Å². The van der Waals surface area contributed by atoms with Gasteiger partial charge in [-0.3, -0.25) is 19.1 Å². The number of carbonyl (C=O) groups is 2. The van der Waals surface area contributed by atoms with E-state index >= 15 is 0 Å². The zero-order valence-electron chi connectivity index (χ0n) is 24.1. The highest BCUT2D eigenvalue weighted by Gasteiger charge is 2.19. The molecule has 1 saturated heterocycles. The van der Waals surface area contributed by atoms with Crippen molar-refractivity contribution in [2.75, 3.05) is 17.8 Å². The van der Waals surface area contributed by atoms with Crippen LogP contribution in [0.3, 0.4) is 0 Å². The Morgan fingerprint density at radius 1 is 1.10 bits per heavy atom. The number of nitrogens with one attached hydrogen (secondary N) is 4. The molecule has 13 heteroatoms. The molecule has 2 aromatic heterocycles. The summed E-state index contributed by atoms with van der Waals surface area (Å²) < 4.78 is 30.9. The Morgan fingerprint density at radius 3 is 2.60 bits per heavy atom. The normalized spacial score (nSPS) is 15.2. The molecule has 1 aliphatic rings. The highest BCUT2D eigenvalue weighted by molar-refractivity contribution is 7.91. The van der Waals surface area contributed by atoms with Crippen molar-refractivity contribution in [1.29, 1.82) is 0 Å². The monoisotopic (exact) mass is 597 g/mol. The van der Waals surface area contributed by atoms with Crippen LogP contribution in [-0.4, -0.2) is 53.5 Å². The number of pyridine rings is 1. The lowest BCUT2D eigenvalue weighted by atomic mass is 10.1. The number of amides is 2. The molecule has 1 aromatic carbocycles. The second kappa shape index (κ2) is 14.3. The van der Waals surface area contributed by atoms with Crippen LogP contribution in [0, 0.1) is 6.92 Å². The quantitative estimate of drug-likeness (QED) is 0.232. The summed E-state index contributed by atoms with van der Waals surface area (Å²) in [4.78, 5) is 43.3. The number of nitrogens with zero attached hydrogens (tertiary/aromatic N) is 3. The molecule has 3 aromatic rings. The first-order valence-corrected chi connectivity index (χ1v) is 15.8. The Balaban J connectivity index is 1.42. The molecular formula is C29H39N7O5S. The summed E-state index contributed by atoms with van der Waals surface area (Å²) in [5.41, 5.74) is 1.86. The van der Waals surface area contributed by atoms with Crippen LogP contribution in [0.5, 0.6) is 0 Å². The predicted molar refractivity (Wildman–Crippen MR) is 160 cm³/mol. The van der Waals surface area contributed by atoms with E-state index in [1.807, 2.05) is 6.92 Å². The van der Waals surface area contributed by atoms with Gasteiger partial charge in [0.1, 0.15) is 18.8 Å². The molecule has 1 unspecified atom stereocenters. The van der Waals surface area contributed by atoms with Crippen LogP contribution < -0.4 is 26.2 Å². The van der Waals surface area contributed by atoms with Gasteiger partial charge in [-0.1, -0.05) is 43.7 Å². The van der Waals surface area contributed by atoms with E-state index in [4.69, 9.17) is 0 Å². The number of aromatic nitrogens is 3. The second-order valence-electron chi connectivity index (χ2n) is 10.5. The lowest BCUT2D eigenvalue weighted by molar-refractivity contribution is -0.122. The Hall–Kier alpha value is -3.97. The Morgan fingerprint density at radius 2 is 1.88 bits per heavy atom. The molecule has 226 valence electrons. The van der Waals surface area contributed by atoms with Crippen LogP contribution in [0.15, 0.2) is 53.6 Å². The zero-order chi connectivity index (χ0) is 30.1. The van der Waals surface area contributed by atoms with Gasteiger partial charge in [0.15, 0.2) is 0 Å². The largest absolute Gasteiger partial charge is 0.351 e. The van der Waals surface area contributed by atoms with Crippen LogP contribution in [0.25, 0.3) is 0 Å². The van der Waals surface area contributed by atoms with E-state index in [1.54, 1.807) is 54.2 Å². The number of piperidine rings is 1. The van der Waals surface area contributed by atoms with Crippen molar-refractivity contribution in [3.05, 3.63) is 81.8 Å². The van der Waals surface area contributed by atoms with Gasteiger partial charge in [-0.2, -0.15) is 0 Å². The molecule has 12 nitrogen and oxygen atoms in total. The lowest BCUT2D eigenvalue weighted by Gasteiger charge is -2.24. The maximum absolute atomic E-state index is 13.3. The van der Waals surface area contributed by atoms with Crippen molar-refractivity contribution in [2.45, 2.75) is 71.0 Å². The van der Waals surface area contributed by atoms with E-state index in [1.165, 1.54) is 10.6 Å². The molecule has 1 atom stereocenters. The van der Waals surface area contributed by atoms with Crippen molar-refractivity contribution in [3.63, 3.8) is 0 Å². The fraction of sp³-hybridized carbons (Fsp3) is 0.448. The number of hydrogen-bond acceptors (Lipinski definition) is 7. The van der Waals surface area contributed by atoms with Gasteiger partial charge >= 0.3 is 0 Å². The van der Waals surface area contributed by atoms with Crippen LogP contribution in [-0.2, 0) is 51.4 Å². The number of rotatable bonds is 13. The average molecular weight is 598 g/mol. The van der Waals surface area contributed by atoms with Gasteiger partial charge in [-0.15, -0.1) is 0 Å². The van der Waals surface area contributed by atoms with Crippen molar-refractivity contribution in [3.8, 4) is 0 Å². The molecule has 4 rings (SSSR count). The number of hydrogen-bond donors (Lipinski definition) is 4. The maximum Gasteiger partial charge on any atom is 0.275 e. The van der Waals surface area contributed by atoms with Crippen molar-refractivity contribution < 1.29 is 18.0 Å². The molecule has 0 radical (unpaired) electrons. The summed E-state index contributed by atoms with van der Waals surface area (Å²) in [6.45, 7) is 5.36. The van der Waals surface area contributed by atoms with Crippen molar-refractivity contribution in [2.24, 2.45) is 0 Å². The lowest BCUT2D eigenvalue weighted by Crippen LogP contribution is -2.46. The minimum absolute atomic E-state index is 0.0772. The summed E-state index contributed by atoms with van der Waals surface area (Å²) >= 11 is 0. The molecule has 0 saturated carbocycles.